The molecule has 0 aliphatic heterocycles. The van der Waals surface area contributed by atoms with Gasteiger partial charge < -0.3 is 4.74 Å². The second-order valence-corrected chi connectivity index (χ2v) is 8.03. The summed E-state index contributed by atoms with van der Waals surface area (Å²) in [4.78, 5) is 12.7. The molecule has 0 aromatic heterocycles. The third-order valence-corrected chi connectivity index (χ3v) is 6.00. The molecular weight excluding hydrogens is 348 g/mol. The van der Waals surface area contributed by atoms with Crippen LogP contribution in [0.4, 0.5) is 0 Å². The molecule has 0 unspecified atom stereocenters. The van der Waals surface area contributed by atoms with Gasteiger partial charge >= 0.3 is 5.97 Å². The number of thioether (sulfide) groups is 2. The molecule has 2 nitrogen and oxygen atoms in total. The minimum atomic E-state index is -0.296. The molecule has 0 saturated heterocycles. The van der Waals surface area contributed by atoms with Gasteiger partial charge in [0.05, 0.1) is 17.6 Å². The number of unbranched alkanes of at least 4 members (excludes halogenated alkanes) is 3. The number of carbonyl (C=O) groups excluding carboxylic acids is 1. The summed E-state index contributed by atoms with van der Waals surface area (Å²) < 4.78 is 4.76. The molecule has 0 heterocycles. The van der Waals surface area contributed by atoms with Crippen LogP contribution in [0.1, 0.15) is 61.9 Å². The molecule has 1 rings (SSSR count). The highest BCUT2D eigenvalue weighted by molar-refractivity contribution is 8.09. The summed E-state index contributed by atoms with van der Waals surface area (Å²) in [7, 11) is 1.41. The Morgan fingerprint density at radius 1 is 1.04 bits per heavy atom. The van der Waals surface area contributed by atoms with Gasteiger partial charge in [0.25, 0.3) is 0 Å². The molecule has 1 aromatic carbocycles. The average molecular weight is 379 g/mol. The van der Waals surface area contributed by atoms with E-state index in [0.717, 1.165) is 28.4 Å². The topological polar surface area (TPSA) is 26.3 Å². The number of rotatable bonds is 12. The average Bonchev–Trinajstić information content (AvgIpc) is 2.65. The van der Waals surface area contributed by atoms with Crippen LogP contribution in [0.3, 0.4) is 0 Å². The molecule has 0 bridgehead atoms. The Labute approximate surface area is 161 Å². The fourth-order valence-electron chi connectivity index (χ4n) is 2.11. The highest BCUT2D eigenvalue weighted by atomic mass is 32.2. The van der Waals surface area contributed by atoms with Crippen LogP contribution in [-0.2, 0) is 4.74 Å². The normalized spacial score (nSPS) is 10.2. The van der Waals surface area contributed by atoms with Gasteiger partial charge in [-0.05, 0) is 48.8 Å². The Kier molecular flexibility index (Phi) is 12.4. The summed E-state index contributed by atoms with van der Waals surface area (Å²) in [5, 5.41) is 0. The van der Waals surface area contributed by atoms with Crippen molar-refractivity contribution < 1.29 is 9.53 Å². The van der Waals surface area contributed by atoms with E-state index in [4.69, 9.17) is 4.74 Å². The van der Waals surface area contributed by atoms with Gasteiger partial charge in [-0.3, -0.25) is 0 Å². The maximum Gasteiger partial charge on any atom is 0.337 e. The van der Waals surface area contributed by atoms with Crippen LogP contribution in [0, 0.1) is 0 Å². The predicted octanol–water partition coefficient (Wildman–Crippen LogP) is 6.43. The second kappa shape index (κ2) is 14.1. The third-order valence-electron chi connectivity index (χ3n) is 3.62. The molecule has 138 valence electrons. The summed E-state index contributed by atoms with van der Waals surface area (Å²) in [6.07, 6.45) is 8.15. The maximum atomic E-state index is 11.6. The van der Waals surface area contributed by atoms with Crippen molar-refractivity contribution >= 4 is 34.4 Å². The quantitative estimate of drug-likeness (QED) is 0.238. The van der Waals surface area contributed by atoms with E-state index in [1.54, 1.807) is 0 Å². The number of ether oxygens (including phenoxy) is 1. The molecule has 0 aliphatic carbocycles. The van der Waals surface area contributed by atoms with Crippen molar-refractivity contribution in [1.29, 1.82) is 0 Å². The zero-order chi connectivity index (χ0) is 18.3. The van der Waals surface area contributed by atoms with Gasteiger partial charge in [-0.25, -0.2) is 4.79 Å². The lowest BCUT2D eigenvalue weighted by Crippen LogP contribution is -2.00. The number of hydrogen-bond acceptors (Lipinski definition) is 4. The molecule has 0 atom stereocenters. The van der Waals surface area contributed by atoms with Crippen molar-refractivity contribution in [3.8, 4) is 0 Å². The van der Waals surface area contributed by atoms with E-state index in [1.807, 2.05) is 47.8 Å². The molecule has 0 N–H and O–H groups in total. The monoisotopic (exact) mass is 378 g/mol. The first kappa shape index (κ1) is 22.0. The van der Waals surface area contributed by atoms with Crippen LogP contribution in [0.5, 0.6) is 0 Å². The highest BCUT2D eigenvalue weighted by Gasteiger charge is 2.07. The highest BCUT2D eigenvalue weighted by Crippen LogP contribution is 2.28. The fraction of sp³-hybridized carbons (Fsp3) is 0.524. The first-order valence-corrected chi connectivity index (χ1v) is 11.2. The van der Waals surface area contributed by atoms with Gasteiger partial charge in [-0.2, -0.15) is 11.8 Å². The van der Waals surface area contributed by atoms with Gasteiger partial charge in [0, 0.05) is 11.5 Å². The number of benzene rings is 1. The van der Waals surface area contributed by atoms with E-state index >= 15 is 0 Å². The summed E-state index contributed by atoms with van der Waals surface area (Å²) in [5.74, 6) is 3.19. The number of methoxy groups -OCH3 is 1. The zero-order valence-electron chi connectivity index (χ0n) is 15.7. The first-order valence-electron chi connectivity index (χ1n) is 9.07. The van der Waals surface area contributed by atoms with Gasteiger partial charge in [-0.1, -0.05) is 38.8 Å². The van der Waals surface area contributed by atoms with Crippen molar-refractivity contribution in [3.05, 3.63) is 47.2 Å². The van der Waals surface area contributed by atoms with Crippen molar-refractivity contribution in [2.45, 2.75) is 46.0 Å². The second-order valence-electron chi connectivity index (χ2n) is 5.70. The predicted molar refractivity (Wildman–Crippen MR) is 113 cm³/mol. The van der Waals surface area contributed by atoms with E-state index in [9.17, 15) is 4.79 Å². The van der Waals surface area contributed by atoms with Gasteiger partial charge in [0.2, 0.25) is 0 Å². The van der Waals surface area contributed by atoms with Crippen LogP contribution < -0.4 is 0 Å². The molecule has 25 heavy (non-hydrogen) atoms. The summed E-state index contributed by atoms with van der Waals surface area (Å²) in [6, 6.07) is 7.62. The van der Waals surface area contributed by atoms with Crippen molar-refractivity contribution in [1.82, 2.24) is 0 Å². The standard InChI is InChI=1S/C21H30O2S2/c1-4-6-8-9-10-20(25-17-16-24-15-7-5-2)18-11-13-19(14-12-18)21(22)23-3/h9,11-14H,4-8,15-17H2,1-3H3. The summed E-state index contributed by atoms with van der Waals surface area (Å²) in [6.45, 7) is 4.43. The van der Waals surface area contributed by atoms with E-state index in [2.05, 4.69) is 25.7 Å². The Balaban J connectivity index is 2.73. The molecule has 0 saturated carbocycles. The van der Waals surface area contributed by atoms with Crippen LogP contribution >= 0.6 is 23.5 Å². The Morgan fingerprint density at radius 3 is 2.36 bits per heavy atom. The van der Waals surface area contributed by atoms with Crippen LogP contribution in [0.25, 0.3) is 4.91 Å². The Bertz CT molecular complexity index is 558. The minimum Gasteiger partial charge on any atom is -0.465 e. The Morgan fingerprint density at radius 2 is 1.72 bits per heavy atom. The van der Waals surface area contributed by atoms with E-state index in [-0.39, 0.29) is 5.97 Å². The smallest absolute Gasteiger partial charge is 0.337 e. The van der Waals surface area contributed by atoms with Gasteiger partial charge in [0.1, 0.15) is 0 Å². The van der Waals surface area contributed by atoms with Gasteiger partial charge in [-0.15, -0.1) is 17.5 Å². The summed E-state index contributed by atoms with van der Waals surface area (Å²) in [5.41, 5.74) is 5.16. The van der Waals surface area contributed by atoms with Crippen LogP contribution in [-0.4, -0.2) is 30.3 Å². The number of carbonyl (C=O) groups is 1. The van der Waals surface area contributed by atoms with E-state index in [1.165, 1.54) is 38.5 Å². The molecule has 0 amide bonds. The van der Waals surface area contributed by atoms with Crippen molar-refractivity contribution in [3.63, 3.8) is 0 Å². The minimum absolute atomic E-state index is 0.296. The summed E-state index contributed by atoms with van der Waals surface area (Å²) >= 11 is 3.87. The largest absolute Gasteiger partial charge is 0.465 e. The first-order chi connectivity index (χ1) is 12.2. The Hall–Kier alpha value is -1.09. The molecule has 0 spiro atoms. The lowest BCUT2D eigenvalue weighted by atomic mass is 10.1. The maximum absolute atomic E-state index is 11.6. The number of allylic oxidation sites excluding steroid dienone is 1. The molecule has 1 aromatic rings. The lowest BCUT2D eigenvalue weighted by Gasteiger charge is -2.07. The van der Waals surface area contributed by atoms with Crippen molar-refractivity contribution in [2.24, 2.45) is 0 Å². The molecule has 0 radical (unpaired) electrons. The number of esters is 1. The van der Waals surface area contributed by atoms with Crippen molar-refractivity contribution in [2.75, 3.05) is 24.4 Å². The molecular formula is C21H30O2S2. The molecule has 0 fully saturated rings. The molecule has 0 aliphatic rings. The zero-order valence-corrected chi connectivity index (χ0v) is 17.3. The van der Waals surface area contributed by atoms with Crippen LogP contribution in [0.2, 0.25) is 0 Å². The third kappa shape index (κ3) is 9.25. The van der Waals surface area contributed by atoms with E-state index < -0.39 is 0 Å². The van der Waals surface area contributed by atoms with Gasteiger partial charge in [0.15, 0.2) is 0 Å². The number of hydrogen-bond donors (Lipinski definition) is 0. The van der Waals surface area contributed by atoms with E-state index in [0.29, 0.717) is 5.56 Å². The fourth-order valence-corrected chi connectivity index (χ4v) is 4.28. The van der Waals surface area contributed by atoms with Crippen LogP contribution in [0.15, 0.2) is 36.1 Å². The molecule has 4 heteroatoms. The lowest BCUT2D eigenvalue weighted by molar-refractivity contribution is 0.0600. The SMILES string of the molecule is CCCCC=C=C(SCCSCCCC)c1ccc(C(=O)OC)cc1.